The van der Waals surface area contributed by atoms with Gasteiger partial charge in [-0.05, 0) is 37.5 Å². The normalized spacial score (nSPS) is 23.2. The third kappa shape index (κ3) is 2.80. The molecule has 5 heteroatoms. The molecule has 1 aromatic heterocycles. The topological polar surface area (TPSA) is 61.9 Å². The van der Waals surface area contributed by atoms with Gasteiger partial charge in [0.2, 0.25) is 5.82 Å². The average molecular weight is 262 g/mol. The van der Waals surface area contributed by atoms with Crippen LogP contribution < -0.4 is 0 Å². The first kappa shape index (κ1) is 12.6. The van der Waals surface area contributed by atoms with Crippen molar-refractivity contribution < 1.29 is 4.79 Å². The highest BCUT2D eigenvalue weighted by Gasteiger charge is 2.30. The number of aromatic amines is 1. The Labute approximate surface area is 113 Å². The monoisotopic (exact) mass is 262 g/mol. The number of hydrogen-bond donors (Lipinski definition) is 1. The van der Waals surface area contributed by atoms with E-state index in [9.17, 15) is 4.79 Å². The molecule has 0 atom stereocenters. The quantitative estimate of drug-likeness (QED) is 0.889. The molecule has 0 spiro atoms. The zero-order chi connectivity index (χ0) is 13.5. The van der Waals surface area contributed by atoms with Gasteiger partial charge in [-0.15, -0.1) is 5.10 Å². The molecule has 2 aliphatic rings. The fourth-order valence-corrected chi connectivity index (χ4v) is 2.68. The maximum absolute atomic E-state index is 12.4. The summed E-state index contributed by atoms with van der Waals surface area (Å²) >= 11 is 0. The molecule has 1 aromatic rings. The predicted octanol–water partition coefficient (Wildman–Crippen LogP) is 2.33. The van der Waals surface area contributed by atoms with Crippen molar-refractivity contribution in [2.75, 3.05) is 13.1 Å². The molecule has 5 nitrogen and oxygen atoms in total. The largest absolute Gasteiger partial charge is 0.336 e. The summed E-state index contributed by atoms with van der Waals surface area (Å²) in [7, 11) is 0. The van der Waals surface area contributed by atoms with Gasteiger partial charge in [-0.25, -0.2) is 4.98 Å². The average Bonchev–Trinajstić information content (AvgIpc) is 3.13. The third-order valence-electron chi connectivity index (χ3n) is 4.29. The Morgan fingerprint density at radius 1 is 1.32 bits per heavy atom. The molecule has 2 heterocycles. The van der Waals surface area contributed by atoms with Gasteiger partial charge in [-0.3, -0.25) is 9.89 Å². The Bertz CT molecular complexity index is 476. The fourth-order valence-electron chi connectivity index (χ4n) is 2.68. The number of amides is 1. The van der Waals surface area contributed by atoms with Crippen LogP contribution >= 0.6 is 0 Å². The summed E-state index contributed by atoms with van der Waals surface area (Å²) in [4.78, 5) is 18.7. The highest BCUT2D eigenvalue weighted by molar-refractivity contribution is 5.90. The van der Waals surface area contributed by atoms with E-state index in [0.717, 1.165) is 31.8 Å². The van der Waals surface area contributed by atoms with Crippen LogP contribution in [-0.4, -0.2) is 39.1 Å². The highest BCUT2D eigenvalue weighted by Crippen LogP contribution is 2.37. The predicted molar refractivity (Wildman–Crippen MR) is 71.9 cm³/mol. The number of carbonyl (C=O) groups excluding carboxylic acids is 1. The van der Waals surface area contributed by atoms with E-state index < -0.39 is 0 Å². The summed E-state index contributed by atoms with van der Waals surface area (Å²) in [5.74, 6) is 1.73. The maximum Gasteiger partial charge on any atom is 0.293 e. The van der Waals surface area contributed by atoms with Crippen LogP contribution in [0, 0.1) is 5.41 Å². The molecule has 1 amide bonds. The molecule has 1 N–H and O–H groups in total. The minimum absolute atomic E-state index is 0.0131. The van der Waals surface area contributed by atoms with Crippen LogP contribution in [-0.2, 0) is 0 Å². The molecule has 0 bridgehead atoms. The van der Waals surface area contributed by atoms with Gasteiger partial charge in [0.15, 0.2) is 0 Å². The molecular formula is C14H22N4O. The van der Waals surface area contributed by atoms with Crippen molar-refractivity contribution in [1.29, 1.82) is 0 Å². The van der Waals surface area contributed by atoms with Crippen LogP contribution in [0.15, 0.2) is 0 Å². The maximum atomic E-state index is 12.4. The van der Waals surface area contributed by atoms with Crippen molar-refractivity contribution in [2.45, 2.75) is 51.9 Å². The first-order valence-corrected chi connectivity index (χ1v) is 7.27. The summed E-state index contributed by atoms with van der Waals surface area (Å²) in [6.07, 6.45) is 5.64. The second-order valence-corrected chi connectivity index (χ2v) is 6.63. The van der Waals surface area contributed by atoms with Crippen molar-refractivity contribution in [3.63, 3.8) is 0 Å². The van der Waals surface area contributed by atoms with E-state index in [-0.39, 0.29) is 5.91 Å². The molecule has 1 aliphatic carbocycles. The minimum atomic E-state index is -0.0131. The van der Waals surface area contributed by atoms with Crippen molar-refractivity contribution in [1.82, 2.24) is 20.1 Å². The molecule has 3 rings (SSSR count). The van der Waals surface area contributed by atoms with Crippen LogP contribution in [0.25, 0.3) is 0 Å². The molecule has 0 unspecified atom stereocenters. The van der Waals surface area contributed by atoms with Gasteiger partial charge < -0.3 is 4.90 Å². The number of carbonyl (C=O) groups is 1. The number of nitrogens with zero attached hydrogens (tertiary/aromatic N) is 3. The minimum Gasteiger partial charge on any atom is -0.336 e. The highest BCUT2D eigenvalue weighted by atomic mass is 16.2. The smallest absolute Gasteiger partial charge is 0.293 e. The number of aromatic nitrogens is 3. The Morgan fingerprint density at radius 2 is 2.11 bits per heavy atom. The number of rotatable bonds is 2. The van der Waals surface area contributed by atoms with Crippen LogP contribution in [0.5, 0.6) is 0 Å². The second-order valence-electron chi connectivity index (χ2n) is 6.63. The summed E-state index contributed by atoms with van der Waals surface area (Å²) in [5.41, 5.74) is 0.340. The zero-order valence-electron chi connectivity index (χ0n) is 11.8. The molecule has 104 valence electrons. The van der Waals surface area contributed by atoms with Crippen LogP contribution in [0.2, 0.25) is 0 Å². The Kier molecular flexibility index (Phi) is 3.07. The van der Waals surface area contributed by atoms with Crippen molar-refractivity contribution in [2.24, 2.45) is 5.41 Å². The standard InChI is InChI=1S/C14H22N4O/c1-14(2)6-3-8-18(9-7-14)13(19)12-15-11(16-17-12)10-4-5-10/h10H,3-9H2,1-2H3,(H,15,16,17). The first-order chi connectivity index (χ1) is 9.05. The Hall–Kier alpha value is -1.39. The van der Waals surface area contributed by atoms with Crippen LogP contribution in [0.1, 0.15) is 68.3 Å². The fraction of sp³-hybridized carbons (Fsp3) is 0.786. The van der Waals surface area contributed by atoms with Gasteiger partial charge in [-0.1, -0.05) is 13.8 Å². The van der Waals surface area contributed by atoms with E-state index in [1.54, 1.807) is 0 Å². The molecule has 2 fully saturated rings. The first-order valence-electron chi connectivity index (χ1n) is 7.27. The lowest BCUT2D eigenvalue weighted by Gasteiger charge is -2.22. The molecule has 1 aliphatic heterocycles. The number of nitrogens with one attached hydrogen (secondary N) is 1. The summed E-state index contributed by atoms with van der Waals surface area (Å²) in [6.45, 7) is 6.20. The molecule has 0 radical (unpaired) electrons. The van der Waals surface area contributed by atoms with Gasteiger partial charge in [0.25, 0.3) is 5.91 Å². The van der Waals surface area contributed by atoms with Gasteiger partial charge in [0, 0.05) is 19.0 Å². The number of hydrogen-bond acceptors (Lipinski definition) is 3. The molecule has 1 saturated carbocycles. The zero-order valence-corrected chi connectivity index (χ0v) is 11.8. The van der Waals surface area contributed by atoms with Gasteiger partial charge >= 0.3 is 0 Å². The Balaban J connectivity index is 1.68. The van der Waals surface area contributed by atoms with Crippen molar-refractivity contribution in [3.05, 3.63) is 11.6 Å². The van der Waals surface area contributed by atoms with Crippen molar-refractivity contribution >= 4 is 5.91 Å². The van der Waals surface area contributed by atoms with E-state index in [2.05, 4.69) is 29.0 Å². The molecule has 1 saturated heterocycles. The Morgan fingerprint density at radius 3 is 2.84 bits per heavy atom. The summed E-state index contributed by atoms with van der Waals surface area (Å²) in [6, 6.07) is 0. The number of likely N-dealkylation sites (tertiary alicyclic amines) is 1. The number of H-pyrrole nitrogens is 1. The summed E-state index contributed by atoms with van der Waals surface area (Å²) < 4.78 is 0. The van der Waals surface area contributed by atoms with Gasteiger partial charge in [0.05, 0.1) is 0 Å². The molecule has 19 heavy (non-hydrogen) atoms. The van der Waals surface area contributed by atoms with E-state index in [4.69, 9.17) is 0 Å². The summed E-state index contributed by atoms with van der Waals surface area (Å²) in [5, 5.41) is 7.00. The lowest BCUT2D eigenvalue weighted by Crippen LogP contribution is -2.33. The van der Waals surface area contributed by atoms with Gasteiger partial charge in [-0.2, -0.15) is 0 Å². The van der Waals surface area contributed by atoms with E-state index in [1.165, 1.54) is 19.3 Å². The lowest BCUT2D eigenvalue weighted by atomic mass is 9.85. The third-order valence-corrected chi connectivity index (χ3v) is 4.29. The van der Waals surface area contributed by atoms with E-state index >= 15 is 0 Å². The second kappa shape index (κ2) is 4.62. The van der Waals surface area contributed by atoms with E-state index in [1.807, 2.05) is 4.90 Å². The van der Waals surface area contributed by atoms with Gasteiger partial charge in [0.1, 0.15) is 5.82 Å². The van der Waals surface area contributed by atoms with Crippen molar-refractivity contribution in [3.8, 4) is 0 Å². The molecule has 0 aromatic carbocycles. The van der Waals surface area contributed by atoms with Crippen LogP contribution in [0.3, 0.4) is 0 Å². The SMILES string of the molecule is CC1(C)CCCN(C(=O)c2n[nH]c(C3CC3)n2)CC1. The molecular weight excluding hydrogens is 240 g/mol. The van der Waals surface area contributed by atoms with Crippen LogP contribution in [0.4, 0.5) is 0 Å². The van der Waals surface area contributed by atoms with E-state index in [0.29, 0.717) is 17.2 Å². The lowest BCUT2D eigenvalue weighted by molar-refractivity contribution is 0.0745.